The van der Waals surface area contributed by atoms with Crippen LogP contribution in [-0.4, -0.2) is 13.2 Å². The van der Waals surface area contributed by atoms with Crippen LogP contribution in [0.4, 0.5) is 0 Å². The second kappa shape index (κ2) is 5.44. The molecule has 0 amide bonds. The lowest BCUT2D eigenvalue weighted by Gasteiger charge is -2.04. The van der Waals surface area contributed by atoms with Crippen molar-refractivity contribution in [2.75, 3.05) is 13.2 Å². The molecule has 0 spiro atoms. The molecule has 0 rings (SSSR count). The van der Waals surface area contributed by atoms with Crippen molar-refractivity contribution >= 4 is 0 Å². The average Bonchev–Trinajstić information content (AvgIpc) is 1.85. The van der Waals surface area contributed by atoms with E-state index < -0.39 is 0 Å². The highest BCUT2D eigenvalue weighted by atomic mass is 17.2. The Bertz CT molecular complexity index is 80.4. The highest BCUT2D eigenvalue weighted by Crippen LogP contribution is 1.94. The smallest absolute Gasteiger partial charge is 0.309 e. The van der Waals surface area contributed by atoms with Gasteiger partial charge in [0.1, 0.15) is 0 Å². The van der Waals surface area contributed by atoms with Crippen LogP contribution in [0.1, 0.15) is 13.8 Å². The Morgan fingerprint density at radius 2 is 2.00 bits per heavy atom. The molecule has 3 heteroatoms. The molecular weight excluding hydrogens is 120 g/mol. The maximum absolute atomic E-state index is 4.80. The van der Waals surface area contributed by atoms with Crippen LogP contribution in [0.25, 0.3) is 0 Å². The van der Waals surface area contributed by atoms with Crippen molar-refractivity contribution in [1.29, 1.82) is 0 Å². The first-order chi connectivity index (χ1) is 4.31. The topological polar surface area (TPSA) is 27.7 Å². The summed E-state index contributed by atoms with van der Waals surface area (Å²) >= 11 is 0. The Morgan fingerprint density at radius 1 is 1.33 bits per heavy atom. The molecule has 0 fully saturated rings. The molecule has 0 aromatic heterocycles. The van der Waals surface area contributed by atoms with Gasteiger partial charge in [0.15, 0.2) is 0 Å². The van der Waals surface area contributed by atoms with Gasteiger partial charge in [0, 0.05) is 0 Å². The minimum atomic E-state index is 0.208. The molecule has 0 unspecified atom stereocenters. The van der Waals surface area contributed by atoms with E-state index in [0.717, 1.165) is 0 Å². The van der Waals surface area contributed by atoms with Gasteiger partial charge in [-0.15, -0.1) is 0 Å². The zero-order valence-corrected chi connectivity index (χ0v) is 5.85. The van der Waals surface area contributed by atoms with Crippen LogP contribution in [0.5, 0.6) is 0 Å². The second-order valence-corrected chi connectivity index (χ2v) is 1.29. The Balaban J connectivity index is 3.06. The van der Waals surface area contributed by atoms with Crippen LogP contribution in [0.15, 0.2) is 12.5 Å². The van der Waals surface area contributed by atoms with Gasteiger partial charge in [-0.05, 0) is 20.4 Å². The van der Waals surface area contributed by atoms with Crippen LogP contribution >= 0.6 is 0 Å². The summed E-state index contributed by atoms with van der Waals surface area (Å²) in [4.78, 5) is 9.04. The molecule has 0 radical (unpaired) electrons. The monoisotopic (exact) mass is 132 g/mol. The standard InChI is InChI=1S/C6H12O3/c1-4-7-6(3)9-8-5-2/h3-5H2,1-2H3. The summed E-state index contributed by atoms with van der Waals surface area (Å²) in [6.45, 7) is 8.12. The van der Waals surface area contributed by atoms with Gasteiger partial charge in [0.2, 0.25) is 0 Å². The van der Waals surface area contributed by atoms with Crippen LogP contribution in [0.2, 0.25) is 0 Å². The van der Waals surface area contributed by atoms with Crippen molar-refractivity contribution in [1.82, 2.24) is 0 Å². The highest BCUT2D eigenvalue weighted by molar-refractivity contribution is 4.63. The molecule has 54 valence electrons. The number of rotatable bonds is 5. The van der Waals surface area contributed by atoms with Crippen molar-refractivity contribution in [3.05, 3.63) is 12.5 Å². The van der Waals surface area contributed by atoms with E-state index in [1.165, 1.54) is 0 Å². The molecule has 0 aromatic carbocycles. The van der Waals surface area contributed by atoms with E-state index in [0.29, 0.717) is 13.2 Å². The predicted octanol–water partition coefficient (Wildman–Crippen LogP) is 1.46. The third-order valence-corrected chi connectivity index (χ3v) is 0.575. The molecule has 0 N–H and O–H groups in total. The van der Waals surface area contributed by atoms with Gasteiger partial charge in [-0.1, -0.05) is 0 Å². The minimum Gasteiger partial charge on any atom is -0.464 e. The molecule has 0 heterocycles. The van der Waals surface area contributed by atoms with Crippen molar-refractivity contribution in [3.63, 3.8) is 0 Å². The van der Waals surface area contributed by atoms with E-state index >= 15 is 0 Å². The summed E-state index contributed by atoms with van der Waals surface area (Å²) in [5, 5.41) is 0. The lowest BCUT2D eigenvalue weighted by Crippen LogP contribution is -1.97. The summed E-state index contributed by atoms with van der Waals surface area (Å²) in [7, 11) is 0. The molecule has 9 heavy (non-hydrogen) atoms. The van der Waals surface area contributed by atoms with E-state index in [9.17, 15) is 0 Å². The number of hydrogen-bond acceptors (Lipinski definition) is 3. The first-order valence-corrected chi connectivity index (χ1v) is 2.92. The fourth-order valence-corrected chi connectivity index (χ4v) is 0.310. The van der Waals surface area contributed by atoms with Crippen molar-refractivity contribution in [2.45, 2.75) is 13.8 Å². The minimum absolute atomic E-state index is 0.208. The van der Waals surface area contributed by atoms with Crippen LogP contribution in [-0.2, 0) is 14.5 Å². The molecule has 0 saturated carbocycles. The van der Waals surface area contributed by atoms with Gasteiger partial charge in [0.05, 0.1) is 13.2 Å². The summed E-state index contributed by atoms with van der Waals surface area (Å²) in [5.74, 6) is 0.208. The Morgan fingerprint density at radius 3 is 2.44 bits per heavy atom. The molecule has 0 aromatic rings. The lowest BCUT2D eigenvalue weighted by molar-refractivity contribution is -0.288. The Kier molecular flexibility index (Phi) is 5.01. The number of ether oxygens (including phenoxy) is 1. The summed E-state index contributed by atoms with van der Waals surface area (Å²) < 4.78 is 4.80. The van der Waals surface area contributed by atoms with Gasteiger partial charge < -0.3 is 4.74 Å². The summed E-state index contributed by atoms with van der Waals surface area (Å²) in [6.07, 6.45) is 0. The summed E-state index contributed by atoms with van der Waals surface area (Å²) in [6, 6.07) is 0. The molecule has 0 aliphatic heterocycles. The van der Waals surface area contributed by atoms with Gasteiger partial charge in [0.25, 0.3) is 0 Å². The van der Waals surface area contributed by atoms with Gasteiger partial charge in [-0.2, -0.15) is 4.89 Å². The van der Waals surface area contributed by atoms with Gasteiger partial charge >= 0.3 is 5.95 Å². The maximum Gasteiger partial charge on any atom is 0.309 e. The van der Waals surface area contributed by atoms with Gasteiger partial charge in [-0.25, -0.2) is 0 Å². The molecule has 0 saturated heterocycles. The summed E-state index contributed by atoms with van der Waals surface area (Å²) in [5.41, 5.74) is 0. The van der Waals surface area contributed by atoms with Crippen LogP contribution < -0.4 is 0 Å². The zero-order valence-electron chi connectivity index (χ0n) is 5.85. The lowest BCUT2D eigenvalue weighted by atomic mass is 10.8. The third kappa shape index (κ3) is 5.17. The number of hydrogen-bond donors (Lipinski definition) is 0. The van der Waals surface area contributed by atoms with Crippen LogP contribution in [0, 0.1) is 0 Å². The van der Waals surface area contributed by atoms with E-state index in [2.05, 4.69) is 16.4 Å². The van der Waals surface area contributed by atoms with E-state index in [-0.39, 0.29) is 5.95 Å². The van der Waals surface area contributed by atoms with E-state index in [1.807, 2.05) is 13.8 Å². The van der Waals surface area contributed by atoms with E-state index in [1.54, 1.807) is 0 Å². The van der Waals surface area contributed by atoms with E-state index in [4.69, 9.17) is 4.74 Å². The van der Waals surface area contributed by atoms with Gasteiger partial charge in [-0.3, -0.25) is 4.89 Å². The normalized spacial score (nSPS) is 8.67. The zero-order chi connectivity index (χ0) is 7.11. The SMILES string of the molecule is C=C(OCC)OOCC. The Hall–Kier alpha value is -0.700. The molecule has 0 aliphatic carbocycles. The molecule has 0 aliphatic rings. The molecule has 0 atom stereocenters. The van der Waals surface area contributed by atoms with Crippen molar-refractivity contribution < 1.29 is 14.5 Å². The fourth-order valence-electron chi connectivity index (χ4n) is 0.310. The first kappa shape index (κ1) is 8.30. The molecule has 3 nitrogen and oxygen atoms in total. The van der Waals surface area contributed by atoms with Crippen molar-refractivity contribution in [2.24, 2.45) is 0 Å². The fraction of sp³-hybridized carbons (Fsp3) is 0.667. The second-order valence-electron chi connectivity index (χ2n) is 1.29. The Labute approximate surface area is 55.1 Å². The molecular formula is C6H12O3. The third-order valence-electron chi connectivity index (χ3n) is 0.575. The largest absolute Gasteiger partial charge is 0.464 e. The van der Waals surface area contributed by atoms with Crippen LogP contribution in [0.3, 0.4) is 0 Å². The first-order valence-electron chi connectivity index (χ1n) is 2.92. The highest BCUT2D eigenvalue weighted by Gasteiger charge is 1.90. The molecule has 0 bridgehead atoms. The van der Waals surface area contributed by atoms with Crippen molar-refractivity contribution in [3.8, 4) is 0 Å². The average molecular weight is 132 g/mol. The predicted molar refractivity (Wildman–Crippen MR) is 33.5 cm³/mol. The quantitative estimate of drug-likeness (QED) is 0.322. The maximum atomic E-state index is 4.80.